The Balaban J connectivity index is 2.58. The van der Waals surface area contributed by atoms with E-state index in [4.69, 9.17) is 9.94 Å². The Labute approximate surface area is 88.8 Å². The lowest BCUT2D eigenvalue weighted by Gasteiger charge is -2.13. The van der Waals surface area contributed by atoms with Crippen molar-refractivity contribution in [3.8, 4) is 0 Å². The molecule has 1 rings (SSSR count). The van der Waals surface area contributed by atoms with E-state index in [1.807, 2.05) is 35.8 Å². The zero-order chi connectivity index (χ0) is 11.1. The van der Waals surface area contributed by atoms with Gasteiger partial charge in [0.25, 0.3) is 0 Å². The zero-order valence-electron chi connectivity index (χ0n) is 8.64. The molecule has 2 N–H and O–H groups in total. The van der Waals surface area contributed by atoms with Crippen molar-refractivity contribution in [1.29, 1.82) is 0 Å². The van der Waals surface area contributed by atoms with Gasteiger partial charge >= 0.3 is 5.97 Å². The molecule has 0 aliphatic heterocycles. The van der Waals surface area contributed by atoms with Crippen LogP contribution in [0.2, 0.25) is 0 Å². The summed E-state index contributed by atoms with van der Waals surface area (Å²) < 4.78 is 4.81. The Bertz CT molecular complexity index is 300. The summed E-state index contributed by atoms with van der Waals surface area (Å²) in [4.78, 5) is 11.3. The number of carbonyl (C=O) groups is 1. The average molecular weight is 209 g/mol. The molecule has 0 saturated heterocycles. The maximum absolute atomic E-state index is 11.3. The third-order valence-corrected chi connectivity index (χ3v) is 2.01. The molecule has 0 spiro atoms. The number of rotatable bonds is 5. The molecule has 4 heteroatoms. The number of benzene rings is 1. The predicted molar refractivity (Wildman–Crippen MR) is 55.5 cm³/mol. The Kier molecular flexibility index (Phi) is 4.80. The van der Waals surface area contributed by atoms with E-state index in [1.54, 1.807) is 6.92 Å². The highest BCUT2D eigenvalue weighted by atomic mass is 16.5. The Morgan fingerprint density at radius 1 is 1.47 bits per heavy atom. The topological polar surface area (TPSA) is 58.6 Å². The SMILES string of the molecule is CCOC(=O)C(Cc1ccccc1)NO. The Morgan fingerprint density at radius 2 is 2.13 bits per heavy atom. The minimum absolute atomic E-state index is 0.311. The van der Waals surface area contributed by atoms with Crippen LogP contribution in [-0.2, 0) is 16.0 Å². The lowest BCUT2D eigenvalue weighted by Crippen LogP contribution is -2.37. The smallest absolute Gasteiger partial charge is 0.325 e. The van der Waals surface area contributed by atoms with Crippen LogP contribution in [0.25, 0.3) is 0 Å². The number of hydrogen-bond acceptors (Lipinski definition) is 4. The first-order chi connectivity index (χ1) is 7.27. The number of carbonyl (C=O) groups excluding carboxylic acids is 1. The van der Waals surface area contributed by atoms with E-state index in [9.17, 15) is 4.79 Å². The third kappa shape index (κ3) is 3.69. The average Bonchev–Trinajstić information content (AvgIpc) is 2.27. The largest absolute Gasteiger partial charge is 0.465 e. The van der Waals surface area contributed by atoms with E-state index in [-0.39, 0.29) is 0 Å². The summed E-state index contributed by atoms with van der Waals surface area (Å²) in [6, 6.07) is 8.75. The van der Waals surface area contributed by atoms with Crippen molar-refractivity contribution in [2.24, 2.45) is 0 Å². The molecule has 1 aromatic carbocycles. The van der Waals surface area contributed by atoms with E-state index >= 15 is 0 Å². The van der Waals surface area contributed by atoms with Crippen molar-refractivity contribution in [3.63, 3.8) is 0 Å². The lowest BCUT2D eigenvalue weighted by atomic mass is 10.1. The Hall–Kier alpha value is -1.39. The maximum Gasteiger partial charge on any atom is 0.325 e. The van der Waals surface area contributed by atoms with Gasteiger partial charge in [0, 0.05) is 6.42 Å². The van der Waals surface area contributed by atoms with Crippen molar-refractivity contribution < 1.29 is 14.7 Å². The normalized spacial score (nSPS) is 12.1. The second-order valence-electron chi connectivity index (χ2n) is 3.12. The van der Waals surface area contributed by atoms with Crippen molar-refractivity contribution in [3.05, 3.63) is 35.9 Å². The fourth-order valence-corrected chi connectivity index (χ4v) is 1.27. The molecule has 0 fully saturated rings. The van der Waals surface area contributed by atoms with Gasteiger partial charge in [0.1, 0.15) is 6.04 Å². The first kappa shape index (κ1) is 11.7. The minimum Gasteiger partial charge on any atom is -0.465 e. The first-order valence-corrected chi connectivity index (χ1v) is 4.88. The molecule has 0 heterocycles. The summed E-state index contributed by atoms with van der Waals surface area (Å²) in [6.45, 7) is 2.04. The van der Waals surface area contributed by atoms with Gasteiger partial charge in [-0.2, -0.15) is 5.48 Å². The third-order valence-electron chi connectivity index (χ3n) is 2.01. The van der Waals surface area contributed by atoms with Crippen molar-refractivity contribution in [1.82, 2.24) is 5.48 Å². The van der Waals surface area contributed by atoms with Gasteiger partial charge in [0.05, 0.1) is 6.61 Å². The Morgan fingerprint density at radius 3 is 2.67 bits per heavy atom. The molecule has 0 aliphatic carbocycles. The van der Waals surface area contributed by atoms with E-state index in [1.165, 1.54) is 0 Å². The number of esters is 1. The molecular weight excluding hydrogens is 194 g/mol. The van der Waals surface area contributed by atoms with Gasteiger partial charge in [-0.1, -0.05) is 30.3 Å². The molecule has 1 aromatic rings. The maximum atomic E-state index is 11.3. The van der Waals surface area contributed by atoms with Crippen LogP contribution < -0.4 is 5.48 Å². The second kappa shape index (κ2) is 6.16. The number of ether oxygens (including phenoxy) is 1. The molecule has 82 valence electrons. The zero-order valence-corrected chi connectivity index (χ0v) is 8.64. The van der Waals surface area contributed by atoms with Gasteiger partial charge < -0.3 is 9.94 Å². The number of hydroxylamine groups is 1. The molecule has 15 heavy (non-hydrogen) atoms. The molecule has 0 radical (unpaired) electrons. The fourth-order valence-electron chi connectivity index (χ4n) is 1.27. The molecular formula is C11H15NO3. The van der Waals surface area contributed by atoms with Crippen LogP contribution in [0.4, 0.5) is 0 Å². The summed E-state index contributed by atoms with van der Waals surface area (Å²) in [5, 5.41) is 8.83. The minimum atomic E-state index is -0.702. The highest BCUT2D eigenvalue weighted by Gasteiger charge is 2.18. The van der Waals surface area contributed by atoms with Crippen LogP contribution >= 0.6 is 0 Å². The van der Waals surface area contributed by atoms with Crippen LogP contribution in [0.1, 0.15) is 12.5 Å². The van der Waals surface area contributed by atoms with E-state index in [0.29, 0.717) is 13.0 Å². The lowest BCUT2D eigenvalue weighted by molar-refractivity contribution is -0.148. The highest BCUT2D eigenvalue weighted by molar-refractivity contribution is 5.75. The van der Waals surface area contributed by atoms with Gasteiger partial charge in [-0.3, -0.25) is 4.79 Å². The predicted octanol–water partition coefficient (Wildman–Crippen LogP) is 1.14. The highest BCUT2D eigenvalue weighted by Crippen LogP contribution is 2.04. The van der Waals surface area contributed by atoms with Gasteiger partial charge in [-0.15, -0.1) is 0 Å². The van der Waals surface area contributed by atoms with E-state index < -0.39 is 12.0 Å². The van der Waals surface area contributed by atoms with E-state index in [2.05, 4.69) is 0 Å². The summed E-state index contributed by atoms with van der Waals surface area (Å²) in [7, 11) is 0. The van der Waals surface area contributed by atoms with Crippen molar-refractivity contribution in [2.75, 3.05) is 6.61 Å². The summed E-state index contributed by atoms with van der Waals surface area (Å²) in [5.41, 5.74) is 2.93. The summed E-state index contributed by atoms with van der Waals surface area (Å²) in [6.07, 6.45) is 0.413. The van der Waals surface area contributed by atoms with Gasteiger partial charge in [0.2, 0.25) is 0 Å². The summed E-state index contributed by atoms with van der Waals surface area (Å²) in [5.74, 6) is -0.441. The molecule has 4 nitrogen and oxygen atoms in total. The molecule has 0 aliphatic rings. The quantitative estimate of drug-likeness (QED) is 0.564. The standard InChI is InChI=1S/C11H15NO3/c1-2-15-11(13)10(12-14)8-9-6-4-3-5-7-9/h3-7,10,12,14H,2,8H2,1H3. The number of hydrogen-bond donors (Lipinski definition) is 2. The molecule has 1 atom stereocenters. The molecule has 0 bridgehead atoms. The van der Waals surface area contributed by atoms with Crippen LogP contribution in [-0.4, -0.2) is 23.8 Å². The van der Waals surface area contributed by atoms with Crippen LogP contribution in [0, 0.1) is 0 Å². The van der Waals surface area contributed by atoms with Crippen LogP contribution in [0.5, 0.6) is 0 Å². The second-order valence-corrected chi connectivity index (χ2v) is 3.12. The van der Waals surface area contributed by atoms with Crippen molar-refractivity contribution in [2.45, 2.75) is 19.4 Å². The van der Waals surface area contributed by atoms with Gasteiger partial charge in [-0.05, 0) is 12.5 Å². The monoisotopic (exact) mass is 209 g/mol. The summed E-state index contributed by atoms with van der Waals surface area (Å²) >= 11 is 0. The van der Waals surface area contributed by atoms with Gasteiger partial charge in [0.15, 0.2) is 0 Å². The fraction of sp³-hybridized carbons (Fsp3) is 0.364. The first-order valence-electron chi connectivity index (χ1n) is 4.88. The van der Waals surface area contributed by atoms with Crippen LogP contribution in [0.15, 0.2) is 30.3 Å². The molecule has 0 amide bonds. The van der Waals surface area contributed by atoms with E-state index in [0.717, 1.165) is 5.56 Å². The van der Waals surface area contributed by atoms with Crippen molar-refractivity contribution >= 4 is 5.97 Å². The molecule has 0 saturated carbocycles. The van der Waals surface area contributed by atoms with Crippen LogP contribution in [0.3, 0.4) is 0 Å². The molecule has 0 aromatic heterocycles. The van der Waals surface area contributed by atoms with Gasteiger partial charge in [-0.25, -0.2) is 0 Å². The number of nitrogens with one attached hydrogen (secondary N) is 1. The molecule has 1 unspecified atom stereocenters.